The number of hydrogen-bond donors (Lipinski definition) is 2. The van der Waals surface area contributed by atoms with E-state index >= 15 is 0 Å². The van der Waals surface area contributed by atoms with Crippen LogP contribution in [0.15, 0.2) is 18.2 Å². The maximum absolute atomic E-state index is 5.89. The summed E-state index contributed by atoms with van der Waals surface area (Å²) in [6.07, 6.45) is 3.94. The van der Waals surface area contributed by atoms with Crippen molar-refractivity contribution in [2.75, 3.05) is 12.8 Å². The predicted octanol–water partition coefficient (Wildman–Crippen LogP) is 1.92. The second-order valence-corrected chi connectivity index (χ2v) is 4.07. The molecule has 0 bridgehead atoms. The van der Waals surface area contributed by atoms with Crippen LogP contribution in [0.1, 0.15) is 24.8 Å². The first-order chi connectivity index (χ1) is 7.29. The molecule has 0 heterocycles. The van der Waals surface area contributed by atoms with E-state index < -0.39 is 0 Å². The smallest absolute Gasteiger partial charge is 0.119 e. The summed E-state index contributed by atoms with van der Waals surface area (Å²) in [5, 5.41) is 3.49. The highest BCUT2D eigenvalue weighted by Crippen LogP contribution is 2.22. The van der Waals surface area contributed by atoms with Gasteiger partial charge in [0.1, 0.15) is 5.75 Å². The van der Waals surface area contributed by atoms with E-state index in [2.05, 4.69) is 5.32 Å². The topological polar surface area (TPSA) is 47.3 Å². The van der Waals surface area contributed by atoms with Crippen LogP contribution in [0.25, 0.3) is 0 Å². The van der Waals surface area contributed by atoms with Crippen LogP contribution in [0.2, 0.25) is 0 Å². The molecule has 1 aliphatic rings. The van der Waals surface area contributed by atoms with Crippen LogP contribution < -0.4 is 15.8 Å². The third kappa shape index (κ3) is 2.42. The van der Waals surface area contributed by atoms with Crippen LogP contribution >= 0.6 is 0 Å². The molecular weight excluding hydrogens is 188 g/mol. The summed E-state index contributed by atoms with van der Waals surface area (Å²) in [5.41, 5.74) is 7.86. The molecule has 1 aromatic carbocycles. The number of nitrogen functional groups attached to an aromatic ring is 1. The second-order valence-electron chi connectivity index (χ2n) is 4.07. The quantitative estimate of drug-likeness (QED) is 0.740. The molecule has 3 nitrogen and oxygen atoms in total. The number of nitrogens with two attached hydrogens (primary N) is 1. The van der Waals surface area contributed by atoms with Crippen LogP contribution in [0.3, 0.4) is 0 Å². The molecule has 2 rings (SSSR count). The number of benzene rings is 1. The van der Waals surface area contributed by atoms with Crippen molar-refractivity contribution in [2.24, 2.45) is 0 Å². The van der Waals surface area contributed by atoms with Crippen LogP contribution in [0.5, 0.6) is 5.75 Å². The highest BCUT2D eigenvalue weighted by atomic mass is 16.5. The fourth-order valence-corrected chi connectivity index (χ4v) is 1.73. The van der Waals surface area contributed by atoms with Crippen molar-refractivity contribution in [1.29, 1.82) is 0 Å². The Morgan fingerprint density at radius 1 is 1.47 bits per heavy atom. The molecule has 3 heteroatoms. The normalized spacial score (nSPS) is 16.1. The summed E-state index contributed by atoms with van der Waals surface area (Å²) in [4.78, 5) is 0. The van der Waals surface area contributed by atoms with Crippen molar-refractivity contribution in [2.45, 2.75) is 31.8 Å². The van der Waals surface area contributed by atoms with Gasteiger partial charge in [-0.1, -0.05) is 6.42 Å². The van der Waals surface area contributed by atoms with Gasteiger partial charge in [0.25, 0.3) is 0 Å². The lowest BCUT2D eigenvalue weighted by Gasteiger charge is -2.26. The SMILES string of the molecule is COc1ccc(N)c(CNC2CCC2)c1. The Kier molecular flexibility index (Phi) is 3.11. The van der Waals surface area contributed by atoms with Crippen molar-refractivity contribution in [3.63, 3.8) is 0 Å². The van der Waals surface area contributed by atoms with E-state index in [4.69, 9.17) is 10.5 Å². The van der Waals surface area contributed by atoms with E-state index in [0.29, 0.717) is 6.04 Å². The largest absolute Gasteiger partial charge is 0.497 e. The molecule has 1 fully saturated rings. The fraction of sp³-hybridized carbons (Fsp3) is 0.500. The van der Waals surface area contributed by atoms with Crippen molar-refractivity contribution in [3.05, 3.63) is 23.8 Å². The lowest BCUT2D eigenvalue weighted by atomic mass is 9.93. The standard InChI is InChI=1S/C12H18N2O/c1-15-11-5-6-12(13)9(7-11)8-14-10-3-2-4-10/h5-7,10,14H,2-4,8,13H2,1H3. The van der Waals surface area contributed by atoms with Gasteiger partial charge in [-0.2, -0.15) is 0 Å². The number of nitrogens with one attached hydrogen (secondary N) is 1. The molecule has 82 valence electrons. The van der Waals surface area contributed by atoms with E-state index in [0.717, 1.165) is 23.5 Å². The monoisotopic (exact) mass is 206 g/mol. The molecule has 15 heavy (non-hydrogen) atoms. The van der Waals surface area contributed by atoms with Gasteiger partial charge in [-0.25, -0.2) is 0 Å². The Hall–Kier alpha value is -1.22. The van der Waals surface area contributed by atoms with Gasteiger partial charge in [0, 0.05) is 18.3 Å². The van der Waals surface area contributed by atoms with Crippen molar-refractivity contribution in [3.8, 4) is 5.75 Å². The number of methoxy groups -OCH3 is 1. The fourth-order valence-electron chi connectivity index (χ4n) is 1.73. The maximum atomic E-state index is 5.89. The molecule has 0 unspecified atom stereocenters. The van der Waals surface area contributed by atoms with E-state index in [-0.39, 0.29) is 0 Å². The highest BCUT2D eigenvalue weighted by Gasteiger charge is 2.16. The molecule has 1 aromatic rings. The lowest BCUT2D eigenvalue weighted by molar-refractivity contribution is 0.338. The van der Waals surface area contributed by atoms with E-state index in [1.54, 1.807) is 7.11 Å². The van der Waals surface area contributed by atoms with Gasteiger partial charge in [-0.3, -0.25) is 0 Å². The summed E-state index contributed by atoms with van der Waals surface area (Å²) in [5.74, 6) is 0.870. The van der Waals surface area contributed by atoms with Crippen LogP contribution in [-0.4, -0.2) is 13.2 Å². The Labute approximate surface area is 90.6 Å². The molecule has 0 atom stereocenters. The minimum absolute atomic E-state index is 0.690. The summed E-state index contributed by atoms with van der Waals surface area (Å²) < 4.78 is 5.17. The summed E-state index contributed by atoms with van der Waals surface area (Å²) >= 11 is 0. The molecule has 1 saturated carbocycles. The van der Waals surface area contributed by atoms with Crippen LogP contribution in [-0.2, 0) is 6.54 Å². The third-order valence-corrected chi connectivity index (χ3v) is 3.04. The zero-order valence-electron chi connectivity index (χ0n) is 9.12. The van der Waals surface area contributed by atoms with Gasteiger partial charge in [-0.05, 0) is 36.6 Å². The molecule has 0 aliphatic heterocycles. The number of rotatable bonds is 4. The Morgan fingerprint density at radius 2 is 2.27 bits per heavy atom. The Bertz CT molecular complexity index is 334. The Morgan fingerprint density at radius 3 is 2.87 bits per heavy atom. The van der Waals surface area contributed by atoms with Gasteiger partial charge in [-0.15, -0.1) is 0 Å². The molecule has 0 amide bonds. The van der Waals surface area contributed by atoms with Gasteiger partial charge in [0.15, 0.2) is 0 Å². The molecule has 3 N–H and O–H groups in total. The first-order valence-corrected chi connectivity index (χ1v) is 5.45. The third-order valence-electron chi connectivity index (χ3n) is 3.04. The van der Waals surface area contributed by atoms with Gasteiger partial charge in [0.2, 0.25) is 0 Å². The first kappa shape index (κ1) is 10.3. The first-order valence-electron chi connectivity index (χ1n) is 5.45. The van der Waals surface area contributed by atoms with Gasteiger partial charge in [0.05, 0.1) is 7.11 Å². The van der Waals surface area contributed by atoms with Gasteiger partial charge >= 0.3 is 0 Å². The summed E-state index contributed by atoms with van der Waals surface area (Å²) in [7, 11) is 1.68. The molecule has 0 spiro atoms. The molecular formula is C12H18N2O. The molecule has 1 aliphatic carbocycles. The predicted molar refractivity (Wildman–Crippen MR) is 61.9 cm³/mol. The minimum Gasteiger partial charge on any atom is -0.497 e. The average molecular weight is 206 g/mol. The number of ether oxygens (including phenoxy) is 1. The van der Waals surface area contributed by atoms with Crippen molar-refractivity contribution < 1.29 is 4.74 Å². The lowest BCUT2D eigenvalue weighted by Crippen LogP contribution is -2.34. The Balaban J connectivity index is 1.98. The number of anilines is 1. The zero-order chi connectivity index (χ0) is 10.7. The zero-order valence-corrected chi connectivity index (χ0v) is 9.12. The van der Waals surface area contributed by atoms with E-state index in [1.807, 2.05) is 18.2 Å². The van der Waals surface area contributed by atoms with Crippen LogP contribution in [0.4, 0.5) is 5.69 Å². The number of hydrogen-bond acceptors (Lipinski definition) is 3. The van der Waals surface area contributed by atoms with Gasteiger partial charge < -0.3 is 15.8 Å². The maximum Gasteiger partial charge on any atom is 0.119 e. The minimum atomic E-state index is 0.690. The van der Waals surface area contributed by atoms with E-state index in [1.165, 1.54) is 19.3 Å². The highest BCUT2D eigenvalue weighted by molar-refractivity contribution is 5.50. The van der Waals surface area contributed by atoms with Crippen LogP contribution in [0, 0.1) is 0 Å². The molecule has 0 aromatic heterocycles. The second kappa shape index (κ2) is 4.53. The summed E-state index contributed by atoms with van der Waals surface area (Å²) in [6, 6.07) is 6.48. The molecule has 0 saturated heterocycles. The van der Waals surface area contributed by atoms with E-state index in [9.17, 15) is 0 Å². The van der Waals surface area contributed by atoms with Crippen molar-refractivity contribution in [1.82, 2.24) is 5.32 Å². The summed E-state index contributed by atoms with van der Waals surface area (Å²) in [6.45, 7) is 0.841. The van der Waals surface area contributed by atoms with Crippen molar-refractivity contribution >= 4 is 5.69 Å². The molecule has 0 radical (unpaired) electrons. The average Bonchev–Trinajstić information content (AvgIpc) is 2.18.